The molecule has 0 bridgehead atoms. The molecule has 120 valence electrons. The number of nitro benzene ring substituents is 1. The van der Waals surface area contributed by atoms with Gasteiger partial charge in [0.1, 0.15) is 0 Å². The summed E-state index contributed by atoms with van der Waals surface area (Å²) in [5, 5.41) is 21.9. The summed E-state index contributed by atoms with van der Waals surface area (Å²) in [5.41, 5.74) is 1.59. The smallest absolute Gasteiger partial charge is 0.270 e. The van der Waals surface area contributed by atoms with Gasteiger partial charge in [-0.3, -0.25) is 14.9 Å². The fourth-order valence-corrected chi connectivity index (χ4v) is 3.16. The van der Waals surface area contributed by atoms with Crippen molar-refractivity contribution >= 4 is 40.4 Å². The average molecular weight is 333 g/mol. The van der Waals surface area contributed by atoms with Crippen LogP contribution in [0.4, 0.5) is 11.4 Å². The Morgan fingerprint density at radius 3 is 2.78 bits per heavy atom. The van der Waals surface area contributed by atoms with Crippen LogP contribution in [-0.2, 0) is 4.79 Å². The number of anilines is 1. The third-order valence-electron chi connectivity index (χ3n) is 3.60. The molecule has 23 heavy (non-hydrogen) atoms. The number of nitrogens with one attached hydrogen (secondary N) is 1. The lowest BCUT2D eigenvalue weighted by Crippen LogP contribution is -2.20. The van der Waals surface area contributed by atoms with Gasteiger partial charge in [-0.2, -0.15) is 5.10 Å². The first-order chi connectivity index (χ1) is 11.1. The molecule has 1 N–H and O–H groups in total. The van der Waals surface area contributed by atoms with Crippen molar-refractivity contribution in [2.24, 2.45) is 10.2 Å². The summed E-state index contributed by atoms with van der Waals surface area (Å²) in [6, 6.07) is 4.76. The minimum Gasteiger partial charge on any atom is -0.371 e. The van der Waals surface area contributed by atoms with Gasteiger partial charge >= 0.3 is 0 Å². The number of non-ortho nitro benzene ring substituents is 1. The number of nitrogens with zero attached hydrogens (tertiary/aromatic N) is 4. The summed E-state index contributed by atoms with van der Waals surface area (Å²) in [7, 11) is 0. The molecule has 8 nitrogen and oxygen atoms in total. The third kappa shape index (κ3) is 3.67. The molecule has 3 rings (SSSR count). The number of hydrogen-bond acceptors (Lipinski definition) is 7. The second-order valence-corrected chi connectivity index (χ2v) is 6.15. The molecule has 1 aromatic rings. The minimum atomic E-state index is -0.427. The summed E-state index contributed by atoms with van der Waals surface area (Å²) >= 11 is 1.28. The zero-order valence-electron chi connectivity index (χ0n) is 12.3. The Labute approximate surface area is 136 Å². The SMILES string of the molecule is O=C1CSC(=NN=Cc2cc([N+](=O)[O-])ccc2N2CCCC2)N1. The first kappa shape index (κ1) is 15.5. The Bertz CT molecular complexity index is 698. The molecule has 0 aromatic heterocycles. The van der Waals surface area contributed by atoms with Crippen molar-refractivity contribution in [1.29, 1.82) is 0 Å². The number of rotatable bonds is 4. The van der Waals surface area contributed by atoms with Crippen molar-refractivity contribution in [3.8, 4) is 0 Å². The van der Waals surface area contributed by atoms with Gasteiger partial charge in [-0.05, 0) is 18.9 Å². The van der Waals surface area contributed by atoms with Crippen LogP contribution in [0.15, 0.2) is 28.4 Å². The van der Waals surface area contributed by atoms with Gasteiger partial charge in [0, 0.05) is 36.5 Å². The standard InChI is InChI=1S/C14H15N5O3S/c20-13-9-23-14(16-13)17-15-8-10-7-11(19(21)22)3-4-12(10)18-5-1-2-6-18/h3-4,7-8H,1-2,5-6,9H2,(H,16,17,20). The van der Waals surface area contributed by atoms with Crippen molar-refractivity contribution < 1.29 is 9.72 Å². The monoisotopic (exact) mass is 333 g/mol. The van der Waals surface area contributed by atoms with E-state index >= 15 is 0 Å². The maximum atomic E-state index is 11.1. The van der Waals surface area contributed by atoms with Crippen LogP contribution in [0.3, 0.4) is 0 Å². The van der Waals surface area contributed by atoms with Gasteiger partial charge in [0.2, 0.25) is 5.91 Å². The zero-order chi connectivity index (χ0) is 16.2. The van der Waals surface area contributed by atoms with Crippen molar-refractivity contribution in [2.45, 2.75) is 12.8 Å². The van der Waals surface area contributed by atoms with Crippen LogP contribution in [0.1, 0.15) is 18.4 Å². The topological polar surface area (TPSA) is 100 Å². The summed E-state index contributed by atoms with van der Waals surface area (Å²) in [5.74, 6) is 0.238. The molecule has 2 aliphatic heterocycles. The predicted molar refractivity (Wildman–Crippen MR) is 90.2 cm³/mol. The van der Waals surface area contributed by atoms with Crippen LogP contribution < -0.4 is 10.2 Å². The summed E-state index contributed by atoms with van der Waals surface area (Å²) < 4.78 is 0. The summed E-state index contributed by atoms with van der Waals surface area (Å²) in [4.78, 5) is 23.8. The maximum Gasteiger partial charge on any atom is 0.270 e. The van der Waals surface area contributed by atoms with E-state index in [2.05, 4.69) is 20.4 Å². The summed E-state index contributed by atoms with van der Waals surface area (Å²) in [6.07, 6.45) is 3.72. The molecule has 0 radical (unpaired) electrons. The fourth-order valence-electron chi connectivity index (χ4n) is 2.53. The molecule has 2 saturated heterocycles. The van der Waals surface area contributed by atoms with E-state index in [9.17, 15) is 14.9 Å². The van der Waals surface area contributed by atoms with Crippen LogP contribution in [0, 0.1) is 10.1 Å². The van der Waals surface area contributed by atoms with E-state index in [0.717, 1.165) is 31.6 Å². The average Bonchev–Trinajstić information content (AvgIpc) is 3.19. The Hall–Kier alpha value is -2.42. The predicted octanol–water partition coefficient (Wildman–Crippen LogP) is 1.75. The lowest BCUT2D eigenvalue weighted by molar-refractivity contribution is -0.384. The van der Waals surface area contributed by atoms with E-state index in [1.165, 1.54) is 30.1 Å². The Kier molecular flexibility index (Phi) is 4.56. The van der Waals surface area contributed by atoms with Gasteiger partial charge in [0.05, 0.1) is 16.9 Å². The van der Waals surface area contributed by atoms with E-state index < -0.39 is 4.92 Å². The second kappa shape index (κ2) is 6.78. The number of nitro groups is 1. The molecule has 0 aliphatic carbocycles. The van der Waals surface area contributed by atoms with Gasteiger partial charge in [-0.15, -0.1) is 5.10 Å². The first-order valence-corrected chi connectivity index (χ1v) is 8.19. The lowest BCUT2D eigenvalue weighted by atomic mass is 10.1. The third-order valence-corrected chi connectivity index (χ3v) is 4.46. The molecule has 0 saturated carbocycles. The normalized spacial score (nSPS) is 19.7. The molecule has 0 unspecified atom stereocenters. The molecule has 2 aliphatic rings. The summed E-state index contributed by atoms with van der Waals surface area (Å²) in [6.45, 7) is 1.86. The first-order valence-electron chi connectivity index (χ1n) is 7.20. The van der Waals surface area contributed by atoms with E-state index in [0.29, 0.717) is 16.5 Å². The molecule has 2 heterocycles. The Morgan fingerprint density at radius 1 is 1.35 bits per heavy atom. The van der Waals surface area contributed by atoms with Crippen molar-refractivity contribution in [2.75, 3.05) is 23.7 Å². The molecule has 0 spiro atoms. The number of hydrogen-bond donors (Lipinski definition) is 1. The number of amidine groups is 1. The highest BCUT2D eigenvalue weighted by molar-refractivity contribution is 8.15. The van der Waals surface area contributed by atoms with Gasteiger partial charge in [-0.25, -0.2) is 0 Å². The van der Waals surface area contributed by atoms with Crippen molar-refractivity contribution in [1.82, 2.24) is 5.32 Å². The van der Waals surface area contributed by atoms with Gasteiger partial charge < -0.3 is 10.2 Å². The number of amides is 1. The van der Waals surface area contributed by atoms with Gasteiger partial charge in [0.15, 0.2) is 5.17 Å². The highest BCUT2D eigenvalue weighted by Gasteiger charge is 2.18. The quantitative estimate of drug-likeness (QED) is 0.514. The molecular formula is C14H15N5O3S. The molecule has 2 fully saturated rings. The number of thioether (sulfide) groups is 1. The number of benzene rings is 1. The lowest BCUT2D eigenvalue weighted by Gasteiger charge is -2.19. The molecule has 1 aromatic carbocycles. The molecule has 9 heteroatoms. The van der Waals surface area contributed by atoms with Gasteiger partial charge in [-0.1, -0.05) is 11.8 Å². The highest BCUT2D eigenvalue weighted by atomic mass is 32.2. The molecule has 1 amide bonds. The van der Waals surface area contributed by atoms with E-state index in [1.54, 1.807) is 6.07 Å². The van der Waals surface area contributed by atoms with Crippen LogP contribution in [-0.4, -0.2) is 41.1 Å². The van der Waals surface area contributed by atoms with E-state index in [-0.39, 0.29) is 11.6 Å². The van der Waals surface area contributed by atoms with E-state index in [1.807, 2.05) is 0 Å². The van der Waals surface area contributed by atoms with Crippen LogP contribution in [0.5, 0.6) is 0 Å². The van der Waals surface area contributed by atoms with E-state index in [4.69, 9.17) is 0 Å². The minimum absolute atomic E-state index is 0.0191. The van der Waals surface area contributed by atoms with Gasteiger partial charge in [0.25, 0.3) is 5.69 Å². The number of carbonyl (C=O) groups excluding carboxylic acids is 1. The second-order valence-electron chi connectivity index (χ2n) is 5.18. The number of carbonyl (C=O) groups is 1. The van der Waals surface area contributed by atoms with Crippen molar-refractivity contribution in [3.63, 3.8) is 0 Å². The van der Waals surface area contributed by atoms with Crippen LogP contribution in [0.2, 0.25) is 0 Å². The van der Waals surface area contributed by atoms with Crippen LogP contribution >= 0.6 is 11.8 Å². The Balaban J connectivity index is 1.86. The zero-order valence-corrected chi connectivity index (χ0v) is 13.1. The largest absolute Gasteiger partial charge is 0.371 e. The van der Waals surface area contributed by atoms with Crippen LogP contribution in [0.25, 0.3) is 0 Å². The Morgan fingerprint density at radius 2 is 2.13 bits per heavy atom. The molecule has 0 atom stereocenters. The fraction of sp³-hybridized carbons (Fsp3) is 0.357. The maximum absolute atomic E-state index is 11.1. The highest BCUT2D eigenvalue weighted by Crippen LogP contribution is 2.27. The van der Waals surface area contributed by atoms with Crippen molar-refractivity contribution in [3.05, 3.63) is 33.9 Å². The molecular weight excluding hydrogens is 318 g/mol.